The van der Waals surface area contributed by atoms with Crippen LogP contribution in [0.25, 0.3) is 0 Å². The highest BCUT2D eigenvalue weighted by molar-refractivity contribution is 5.83. The smallest absolute Gasteiger partial charge is 0.227 e. The minimum Gasteiger partial charge on any atom is -0.359 e. The molecule has 1 aliphatic rings. The lowest BCUT2D eigenvalue weighted by molar-refractivity contribution is -0.129. The van der Waals surface area contributed by atoms with E-state index in [1.807, 2.05) is 0 Å². The average Bonchev–Trinajstić information content (AvgIpc) is 3.09. The van der Waals surface area contributed by atoms with Crippen LogP contribution >= 0.6 is 0 Å². The quantitative estimate of drug-likeness (QED) is 0.612. The third-order valence-corrected chi connectivity index (χ3v) is 3.22. The Hall–Kier alpha value is -1.10. The predicted octanol–water partition coefficient (Wildman–Crippen LogP) is 0.00220. The summed E-state index contributed by atoms with van der Waals surface area (Å²) < 4.78 is 0. The van der Waals surface area contributed by atoms with E-state index in [1.54, 1.807) is 20.9 Å². The molecular weight excluding hydrogens is 218 g/mol. The first-order valence-electron chi connectivity index (χ1n) is 6.11. The van der Waals surface area contributed by atoms with Crippen LogP contribution in [0.3, 0.4) is 0 Å². The molecule has 5 heteroatoms. The molecule has 1 rings (SSSR count). The van der Waals surface area contributed by atoms with Crippen molar-refractivity contribution in [1.29, 1.82) is 0 Å². The van der Waals surface area contributed by atoms with Gasteiger partial charge in [-0.25, -0.2) is 0 Å². The van der Waals surface area contributed by atoms with Crippen LogP contribution in [0.4, 0.5) is 0 Å². The zero-order valence-electron chi connectivity index (χ0n) is 10.9. The second-order valence-corrected chi connectivity index (χ2v) is 5.45. The zero-order chi connectivity index (χ0) is 13.1. The summed E-state index contributed by atoms with van der Waals surface area (Å²) >= 11 is 0. The molecule has 0 aliphatic heterocycles. The summed E-state index contributed by atoms with van der Waals surface area (Å²) in [6.07, 6.45) is 2.63. The fourth-order valence-electron chi connectivity index (χ4n) is 1.72. The first-order chi connectivity index (χ1) is 7.86. The summed E-state index contributed by atoms with van der Waals surface area (Å²) in [5, 5.41) is 5.36. The number of amides is 2. The van der Waals surface area contributed by atoms with Gasteiger partial charge in [0.2, 0.25) is 11.8 Å². The van der Waals surface area contributed by atoms with E-state index >= 15 is 0 Å². The Morgan fingerprint density at radius 2 is 2.00 bits per heavy atom. The van der Waals surface area contributed by atoms with Crippen molar-refractivity contribution in [2.75, 3.05) is 13.6 Å². The molecule has 1 fully saturated rings. The van der Waals surface area contributed by atoms with Gasteiger partial charge in [0, 0.05) is 26.1 Å². The second kappa shape index (κ2) is 5.49. The highest BCUT2D eigenvalue weighted by atomic mass is 16.2. The minimum atomic E-state index is -0.589. The van der Waals surface area contributed by atoms with E-state index in [1.165, 1.54) is 0 Å². The predicted molar refractivity (Wildman–Crippen MR) is 66.2 cm³/mol. The maximum atomic E-state index is 11.6. The number of carbonyl (C=O) groups excluding carboxylic acids is 2. The third-order valence-electron chi connectivity index (χ3n) is 3.22. The van der Waals surface area contributed by atoms with E-state index in [0.29, 0.717) is 18.9 Å². The number of rotatable bonds is 6. The van der Waals surface area contributed by atoms with Crippen LogP contribution in [0, 0.1) is 11.3 Å². The van der Waals surface area contributed by atoms with Crippen LogP contribution in [0.2, 0.25) is 0 Å². The SMILES string of the molecule is CNC(=O)C(C)(C)CNC(=O)CC(N)C1CC1. The molecule has 1 aliphatic carbocycles. The van der Waals surface area contributed by atoms with Crippen LogP contribution in [0.15, 0.2) is 0 Å². The van der Waals surface area contributed by atoms with Gasteiger partial charge in [-0.15, -0.1) is 0 Å². The summed E-state index contributed by atoms with van der Waals surface area (Å²) in [6, 6.07) is -0.0295. The summed E-state index contributed by atoms with van der Waals surface area (Å²) in [4.78, 5) is 23.1. The van der Waals surface area contributed by atoms with E-state index < -0.39 is 5.41 Å². The molecule has 0 heterocycles. The lowest BCUT2D eigenvalue weighted by Gasteiger charge is -2.23. The van der Waals surface area contributed by atoms with Crippen LogP contribution in [0.1, 0.15) is 33.1 Å². The van der Waals surface area contributed by atoms with Gasteiger partial charge in [0.1, 0.15) is 0 Å². The van der Waals surface area contributed by atoms with Gasteiger partial charge in [-0.2, -0.15) is 0 Å². The molecule has 0 aromatic rings. The molecule has 0 bridgehead atoms. The van der Waals surface area contributed by atoms with Crippen LogP contribution < -0.4 is 16.4 Å². The Balaban J connectivity index is 2.29. The number of carbonyl (C=O) groups is 2. The molecule has 98 valence electrons. The molecule has 0 aromatic heterocycles. The Labute approximate surface area is 103 Å². The van der Waals surface area contributed by atoms with Crippen molar-refractivity contribution in [3.8, 4) is 0 Å². The average molecular weight is 241 g/mol. The van der Waals surface area contributed by atoms with Gasteiger partial charge < -0.3 is 16.4 Å². The van der Waals surface area contributed by atoms with Gasteiger partial charge >= 0.3 is 0 Å². The molecule has 0 aromatic carbocycles. The monoisotopic (exact) mass is 241 g/mol. The fourth-order valence-corrected chi connectivity index (χ4v) is 1.72. The molecule has 5 nitrogen and oxygen atoms in total. The van der Waals surface area contributed by atoms with Crippen molar-refractivity contribution in [2.24, 2.45) is 17.1 Å². The van der Waals surface area contributed by atoms with E-state index in [0.717, 1.165) is 12.8 Å². The highest BCUT2D eigenvalue weighted by Gasteiger charge is 2.31. The number of nitrogens with two attached hydrogens (primary N) is 1. The Kier molecular flexibility index (Phi) is 4.51. The number of nitrogens with one attached hydrogen (secondary N) is 2. The highest BCUT2D eigenvalue weighted by Crippen LogP contribution is 2.32. The number of hydrogen-bond acceptors (Lipinski definition) is 3. The maximum absolute atomic E-state index is 11.6. The summed E-state index contributed by atoms with van der Waals surface area (Å²) in [6.45, 7) is 3.93. The molecule has 2 amide bonds. The standard InChI is InChI=1S/C12H23N3O2/c1-12(2,11(17)14-3)7-15-10(16)6-9(13)8-4-5-8/h8-9H,4-7,13H2,1-3H3,(H,14,17)(H,15,16). The number of hydrogen-bond donors (Lipinski definition) is 3. The van der Waals surface area contributed by atoms with E-state index in [-0.39, 0.29) is 17.9 Å². The Bertz CT molecular complexity index is 298. The zero-order valence-corrected chi connectivity index (χ0v) is 10.9. The molecule has 17 heavy (non-hydrogen) atoms. The molecule has 4 N–H and O–H groups in total. The van der Waals surface area contributed by atoms with Crippen molar-refractivity contribution < 1.29 is 9.59 Å². The Morgan fingerprint density at radius 1 is 1.41 bits per heavy atom. The molecule has 0 radical (unpaired) electrons. The molecule has 0 saturated heterocycles. The lowest BCUT2D eigenvalue weighted by atomic mass is 9.92. The van der Waals surface area contributed by atoms with Crippen LogP contribution in [-0.4, -0.2) is 31.4 Å². The minimum absolute atomic E-state index is 0.0295. The van der Waals surface area contributed by atoms with Crippen LogP contribution in [0.5, 0.6) is 0 Å². The lowest BCUT2D eigenvalue weighted by Crippen LogP contribution is -2.44. The first kappa shape index (κ1) is 14.0. The molecule has 1 atom stereocenters. The van der Waals surface area contributed by atoms with Gasteiger partial charge in [0.05, 0.1) is 5.41 Å². The van der Waals surface area contributed by atoms with E-state index in [2.05, 4.69) is 10.6 Å². The van der Waals surface area contributed by atoms with Crippen molar-refractivity contribution in [2.45, 2.75) is 39.2 Å². The van der Waals surface area contributed by atoms with E-state index in [4.69, 9.17) is 5.73 Å². The fraction of sp³-hybridized carbons (Fsp3) is 0.833. The summed E-state index contributed by atoms with van der Waals surface area (Å²) in [5.41, 5.74) is 5.28. The van der Waals surface area contributed by atoms with Gasteiger partial charge in [0.15, 0.2) is 0 Å². The second-order valence-electron chi connectivity index (χ2n) is 5.45. The maximum Gasteiger partial charge on any atom is 0.227 e. The third kappa shape index (κ3) is 4.34. The van der Waals surface area contributed by atoms with Crippen molar-refractivity contribution in [3.05, 3.63) is 0 Å². The first-order valence-corrected chi connectivity index (χ1v) is 6.11. The molecular formula is C12H23N3O2. The van der Waals surface area contributed by atoms with Gasteiger partial charge in [-0.3, -0.25) is 9.59 Å². The largest absolute Gasteiger partial charge is 0.359 e. The topological polar surface area (TPSA) is 84.2 Å². The van der Waals surface area contributed by atoms with Gasteiger partial charge in [-0.1, -0.05) is 0 Å². The molecule has 1 unspecified atom stereocenters. The van der Waals surface area contributed by atoms with Crippen molar-refractivity contribution in [1.82, 2.24) is 10.6 Å². The normalized spacial score (nSPS) is 17.4. The molecule has 1 saturated carbocycles. The Morgan fingerprint density at radius 3 is 2.47 bits per heavy atom. The summed E-state index contributed by atoms with van der Waals surface area (Å²) in [5.74, 6) is 0.373. The summed E-state index contributed by atoms with van der Waals surface area (Å²) in [7, 11) is 1.59. The van der Waals surface area contributed by atoms with Crippen molar-refractivity contribution in [3.63, 3.8) is 0 Å². The van der Waals surface area contributed by atoms with Crippen LogP contribution in [-0.2, 0) is 9.59 Å². The van der Waals surface area contributed by atoms with Gasteiger partial charge in [0.25, 0.3) is 0 Å². The molecule has 0 spiro atoms. The van der Waals surface area contributed by atoms with Gasteiger partial charge in [-0.05, 0) is 32.6 Å². The van der Waals surface area contributed by atoms with E-state index in [9.17, 15) is 9.59 Å². The van der Waals surface area contributed by atoms with Crippen molar-refractivity contribution >= 4 is 11.8 Å².